The third kappa shape index (κ3) is 6.60. The zero-order valence-electron chi connectivity index (χ0n) is 10.4. The van der Waals surface area contributed by atoms with Crippen LogP contribution in [0.1, 0.15) is 19.4 Å². The number of halogens is 2. The van der Waals surface area contributed by atoms with Gasteiger partial charge in [0.2, 0.25) is 0 Å². The van der Waals surface area contributed by atoms with Crippen molar-refractivity contribution in [3.8, 4) is 0 Å². The quantitative estimate of drug-likeness (QED) is 0.572. The Morgan fingerprint density at radius 1 is 1.24 bits per heavy atom. The molecule has 4 heteroatoms. The summed E-state index contributed by atoms with van der Waals surface area (Å²) in [5.74, 6) is 0.712. The molecule has 17 heavy (non-hydrogen) atoms. The van der Waals surface area contributed by atoms with Gasteiger partial charge < -0.3 is 10.6 Å². The molecule has 0 saturated heterocycles. The standard InChI is InChI=1S/C13H20ClIN2/c1-10(2)8-16-5-6-17-9-11-7-12(14)3-4-13(11)15/h3-4,7,10,16-17H,5-6,8-9H2,1-2H3. The molecule has 0 spiro atoms. The molecule has 0 aliphatic carbocycles. The molecule has 1 aromatic carbocycles. The van der Waals surface area contributed by atoms with Crippen LogP contribution in [0.15, 0.2) is 18.2 Å². The third-order valence-electron chi connectivity index (χ3n) is 2.35. The van der Waals surface area contributed by atoms with Gasteiger partial charge in [-0.1, -0.05) is 25.4 Å². The Kier molecular flexibility index (Phi) is 7.43. The summed E-state index contributed by atoms with van der Waals surface area (Å²) in [6, 6.07) is 6.01. The summed E-state index contributed by atoms with van der Waals surface area (Å²) in [6.45, 7) is 8.38. The van der Waals surface area contributed by atoms with E-state index >= 15 is 0 Å². The molecule has 0 saturated carbocycles. The van der Waals surface area contributed by atoms with E-state index in [0.29, 0.717) is 5.92 Å². The van der Waals surface area contributed by atoms with Gasteiger partial charge in [-0.2, -0.15) is 0 Å². The highest BCUT2D eigenvalue weighted by Crippen LogP contribution is 2.17. The van der Waals surface area contributed by atoms with Gasteiger partial charge in [0.15, 0.2) is 0 Å². The van der Waals surface area contributed by atoms with Crippen LogP contribution in [-0.2, 0) is 6.54 Å². The molecule has 1 rings (SSSR count). The molecule has 0 radical (unpaired) electrons. The Hall–Kier alpha value is 0.160. The van der Waals surface area contributed by atoms with E-state index in [2.05, 4.69) is 53.1 Å². The highest BCUT2D eigenvalue weighted by molar-refractivity contribution is 14.1. The topological polar surface area (TPSA) is 24.1 Å². The highest BCUT2D eigenvalue weighted by Gasteiger charge is 2.00. The lowest BCUT2D eigenvalue weighted by Crippen LogP contribution is -2.29. The second kappa shape index (κ2) is 8.29. The molecule has 0 amide bonds. The van der Waals surface area contributed by atoms with E-state index in [0.717, 1.165) is 31.2 Å². The second-order valence-electron chi connectivity index (χ2n) is 4.51. The van der Waals surface area contributed by atoms with Gasteiger partial charge >= 0.3 is 0 Å². The maximum Gasteiger partial charge on any atom is 0.0409 e. The molecule has 0 bridgehead atoms. The minimum atomic E-state index is 0.712. The SMILES string of the molecule is CC(C)CNCCNCc1cc(Cl)ccc1I. The predicted molar refractivity (Wildman–Crippen MR) is 83.6 cm³/mol. The van der Waals surface area contributed by atoms with Crippen molar-refractivity contribution in [2.24, 2.45) is 5.92 Å². The smallest absolute Gasteiger partial charge is 0.0409 e. The van der Waals surface area contributed by atoms with Crippen molar-refractivity contribution in [3.05, 3.63) is 32.4 Å². The number of benzene rings is 1. The van der Waals surface area contributed by atoms with Crippen molar-refractivity contribution in [2.45, 2.75) is 20.4 Å². The van der Waals surface area contributed by atoms with Crippen molar-refractivity contribution in [1.29, 1.82) is 0 Å². The minimum Gasteiger partial charge on any atom is -0.315 e. The molecule has 0 heterocycles. The molecule has 0 aliphatic heterocycles. The molecule has 2 N–H and O–H groups in total. The summed E-state index contributed by atoms with van der Waals surface area (Å²) >= 11 is 8.31. The maximum absolute atomic E-state index is 5.97. The van der Waals surface area contributed by atoms with Gasteiger partial charge in [0.25, 0.3) is 0 Å². The van der Waals surface area contributed by atoms with Crippen LogP contribution in [0.5, 0.6) is 0 Å². The molecular weight excluding hydrogens is 347 g/mol. The fraction of sp³-hybridized carbons (Fsp3) is 0.538. The van der Waals surface area contributed by atoms with Gasteiger partial charge in [-0.25, -0.2) is 0 Å². The monoisotopic (exact) mass is 366 g/mol. The average Bonchev–Trinajstić information content (AvgIpc) is 2.27. The van der Waals surface area contributed by atoms with Crippen molar-refractivity contribution in [1.82, 2.24) is 10.6 Å². The molecule has 0 fully saturated rings. The molecule has 0 aliphatic rings. The van der Waals surface area contributed by atoms with Gasteiger partial charge in [-0.15, -0.1) is 0 Å². The van der Waals surface area contributed by atoms with Crippen molar-refractivity contribution in [3.63, 3.8) is 0 Å². The van der Waals surface area contributed by atoms with Gasteiger partial charge in [0, 0.05) is 28.2 Å². The van der Waals surface area contributed by atoms with E-state index in [1.54, 1.807) is 0 Å². The van der Waals surface area contributed by atoms with E-state index in [1.165, 1.54) is 9.13 Å². The Labute approximate surface area is 123 Å². The first-order valence-electron chi connectivity index (χ1n) is 5.95. The van der Waals surface area contributed by atoms with Crippen molar-refractivity contribution < 1.29 is 0 Å². The maximum atomic E-state index is 5.97. The summed E-state index contributed by atoms with van der Waals surface area (Å²) < 4.78 is 1.26. The second-order valence-corrected chi connectivity index (χ2v) is 6.11. The fourth-order valence-electron chi connectivity index (χ4n) is 1.47. The largest absolute Gasteiger partial charge is 0.315 e. The van der Waals surface area contributed by atoms with Crippen LogP contribution >= 0.6 is 34.2 Å². The first kappa shape index (κ1) is 15.2. The number of hydrogen-bond acceptors (Lipinski definition) is 2. The van der Waals surface area contributed by atoms with E-state index in [4.69, 9.17) is 11.6 Å². The zero-order chi connectivity index (χ0) is 12.7. The lowest BCUT2D eigenvalue weighted by atomic mass is 10.2. The molecule has 1 aromatic rings. The van der Waals surface area contributed by atoms with Gasteiger partial charge in [0.05, 0.1) is 0 Å². The Morgan fingerprint density at radius 2 is 1.94 bits per heavy atom. The first-order valence-corrected chi connectivity index (χ1v) is 7.40. The van der Waals surface area contributed by atoms with Crippen LogP contribution in [-0.4, -0.2) is 19.6 Å². The number of rotatable bonds is 7. The Morgan fingerprint density at radius 3 is 2.65 bits per heavy atom. The summed E-state index contributed by atoms with van der Waals surface area (Å²) in [4.78, 5) is 0. The molecule has 0 atom stereocenters. The minimum absolute atomic E-state index is 0.712. The number of nitrogens with one attached hydrogen (secondary N) is 2. The van der Waals surface area contributed by atoms with Crippen LogP contribution in [0.2, 0.25) is 5.02 Å². The van der Waals surface area contributed by atoms with Crippen LogP contribution in [0.4, 0.5) is 0 Å². The first-order chi connectivity index (χ1) is 8.09. The average molecular weight is 367 g/mol. The van der Waals surface area contributed by atoms with E-state index < -0.39 is 0 Å². The molecular formula is C13H20ClIN2. The molecule has 0 unspecified atom stereocenters. The summed E-state index contributed by atoms with van der Waals surface area (Å²) in [5.41, 5.74) is 1.27. The Balaban J connectivity index is 2.20. The molecule has 0 aromatic heterocycles. The predicted octanol–water partition coefficient (Wildman–Crippen LogP) is 3.28. The molecule has 2 nitrogen and oxygen atoms in total. The summed E-state index contributed by atoms with van der Waals surface area (Å²) in [6.07, 6.45) is 0. The normalized spacial score (nSPS) is 11.1. The van der Waals surface area contributed by atoms with Gasteiger partial charge in [-0.3, -0.25) is 0 Å². The lowest BCUT2D eigenvalue weighted by molar-refractivity contribution is 0.535. The lowest BCUT2D eigenvalue weighted by Gasteiger charge is -2.09. The summed E-state index contributed by atoms with van der Waals surface area (Å²) in [5, 5.41) is 7.63. The van der Waals surface area contributed by atoms with Crippen LogP contribution in [0.3, 0.4) is 0 Å². The third-order valence-corrected chi connectivity index (χ3v) is 3.64. The highest BCUT2D eigenvalue weighted by atomic mass is 127. The van der Waals surface area contributed by atoms with Gasteiger partial charge in [0.1, 0.15) is 0 Å². The van der Waals surface area contributed by atoms with E-state index in [1.807, 2.05) is 12.1 Å². The summed E-state index contributed by atoms with van der Waals surface area (Å²) in [7, 11) is 0. The fourth-order valence-corrected chi connectivity index (χ4v) is 2.19. The van der Waals surface area contributed by atoms with Crippen LogP contribution in [0, 0.1) is 9.49 Å². The van der Waals surface area contributed by atoms with Crippen molar-refractivity contribution in [2.75, 3.05) is 19.6 Å². The Bertz CT molecular complexity index is 342. The van der Waals surface area contributed by atoms with E-state index in [-0.39, 0.29) is 0 Å². The van der Waals surface area contributed by atoms with E-state index in [9.17, 15) is 0 Å². The zero-order valence-corrected chi connectivity index (χ0v) is 13.3. The van der Waals surface area contributed by atoms with Crippen LogP contribution in [0.25, 0.3) is 0 Å². The molecule has 96 valence electrons. The van der Waals surface area contributed by atoms with Crippen molar-refractivity contribution >= 4 is 34.2 Å². The number of hydrogen-bond donors (Lipinski definition) is 2. The van der Waals surface area contributed by atoms with Crippen LogP contribution < -0.4 is 10.6 Å². The van der Waals surface area contributed by atoms with Gasteiger partial charge in [-0.05, 0) is 58.8 Å².